The minimum absolute atomic E-state index is 0.197. The smallest absolute Gasteiger partial charge is 0.208 e. The molecule has 1 aromatic carbocycles. The summed E-state index contributed by atoms with van der Waals surface area (Å²) in [4.78, 5) is 0. The second-order valence-corrected chi connectivity index (χ2v) is 6.57. The van der Waals surface area contributed by atoms with Crippen molar-refractivity contribution in [2.45, 2.75) is 19.1 Å². The van der Waals surface area contributed by atoms with Crippen LogP contribution in [0.2, 0.25) is 0 Å². The van der Waals surface area contributed by atoms with Crippen LogP contribution in [0.5, 0.6) is 0 Å². The Kier molecular flexibility index (Phi) is 4.93. The lowest BCUT2D eigenvalue weighted by Gasteiger charge is -2.26. The maximum Gasteiger partial charge on any atom is 0.208 e. The molecule has 106 valence electrons. The fraction of sp³-hybridized carbons (Fsp3) is 0.538. The van der Waals surface area contributed by atoms with E-state index in [1.165, 1.54) is 17.4 Å². The van der Waals surface area contributed by atoms with Crippen LogP contribution in [0.25, 0.3) is 0 Å². The van der Waals surface area contributed by atoms with E-state index in [2.05, 4.69) is 22.2 Å². The standard InChI is InChI=1S/C13H20N2O3S/c1-19(16,17)15-8-4-7-14-13-10-18-9-11-5-2-3-6-12(11)13/h2-3,5-6,13-15H,4,7-10H2,1H3. The molecule has 2 N–H and O–H groups in total. The Morgan fingerprint density at radius 3 is 2.89 bits per heavy atom. The number of fused-ring (bicyclic) bond motifs is 1. The van der Waals surface area contributed by atoms with Gasteiger partial charge in [0.1, 0.15) is 0 Å². The first-order valence-electron chi connectivity index (χ1n) is 6.40. The lowest BCUT2D eigenvalue weighted by atomic mass is 9.99. The van der Waals surface area contributed by atoms with Crippen LogP contribution >= 0.6 is 0 Å². The van der Waals surface area contributed by atoms with Gasteiger partial charge in [0.2, 0.25) is 10.0 Å². The molecule has 1 unspecified atom stereocenters. The third kappa shape index (κ3) is 4.58. The summed E-state index contributed by atoms with van der Waals surface area (Å²) in [5, 5.41) is 3.40. The van der Waals surface area contributed by atoms with Crippen LogP contribution in [0.3, 0.4) is 0 Å². The molecule has 0 saturated heterocycles. The topological polar surface area (TPSA) is 67.4 Å². The van der Waals surface area contributed by atoms with E-state index in [1.54, 1.807) is 0 Å². The second-order valence-electron chi connectivity index (χ2n) is 4.74. The summed E-state index contributed by atoms with van der Waals surface area (Å²) in [5.74, 6) is 0. The molecule has 1 atom stereocenters. The Labute approximate surface area is 114 Å². The summed E-state index contributed by atoms with van der Waals surface area (Å²) in [6.45, 7) is 2.55. The first-order chi connectivity index (χ1) is 9.06. The minimum Gasteiger partial charge on any atom is -0.375 e. The summed E-state index contributed by atoms with van der Waals surface area (Å²) in [6, 6.07) is 8.44. The molecule has 0 spiro atoms. The minimum atomic E-state index is -3.08. The fourth-order valence-electron chi connectivity index (χ4n) is 2.17. The van der Waals surface area contributed by atoms with Gasteiger partial charge in [0.15, 0.2) is 0 Å². The Balaban J connectivity index is 1.78. The number of benzene rings is 1. The fourth-order valence-corrected chi connectivity index (χ4v) is 2.69. The number of rotatable bonds is 6. The largest absolute Gasteiger partial charge is 0.375 e. The molecule has 0 radical (unpaired) electrons. The number of hydrogen-bond acceptors (Lipinski definition) is 4. The van der Waals surface area contributed by atoms with Crippen LogP contribution in [0.15, 0.2) is 24.3 Å². The van der Waals surface area contributed by atoms with Crippen molar-refractivity contribution < 1.29 is 13.2 Å². The summed E-state index contributed by atoms with van der Waals surface area (Å²) >= 11 is 0. The first kappa shape index (κ1) is 14.5. The molecule has 1 heterocycles. The molecule has 0 saturated carbocycles. The van der Waals surface area contributed by atoms with Crippen molar-refractivity contribution in [3.8, 4) is 0 Å². The molecule has 0 aliphatic carbocycles. The number of sulfonamides is 1. The van der Waals surface area contributed by atoms with Crippen molar-refractivity contribution in [3.05, 3.63) is 35.4 Å². The normalized spacial score (nSPS) is 19.1. The second kappa shape index (κ2) is 6.47. The van der Waals surface area contributed by atoms with Crippen LogP contribution in [0.1, 0.15) is 23.6 Å². The molecule has 0 aromatic heterocycles. The third-order valence-electron chi connectivity index (χ3n) is 3.08. The molecular weight excluding hydrogens is 264 g/mol. The number of hydrogen-bond donors (Lipinski definition) is 2. The van der Waals surface area contributed by atoms with Gasteiger partial charge in [-0.05, 0) is 24.1 Å². The molecule has 2 rings (SSSR count). The van der Waals surface area contributed by atoms with E-state index >= 15 is 0 Å². The Hall–Kier alpha value is -0.950. The van der Waals surface area contributed by atoms with Crippen LogP contribution in [-0.4, -0.2) is 34.4 Å². The number of ether oxygens (including phenoxy) is 1. The molecule has 1 aliphatic rings. The van der Waals surface area contributed by atoms with E-state index in [0.717, 1.165) is 13.0 Å². The van der Waals surface area contributed by atoms with E-state index in [0.29, 0.717) is 19.8 Å². The Morgan fingerprint density at radius 1 is 1.32 bits per heavy atom. The molecule has 0 bridgehead atoms. The van der Waals surface area contributed by atoms with Crippen molar-refractivity contribution >= 4 is 10.0 Å². The van der Waals surface area contributed by atoms with Gasteiger partial charge in [0.25, 0.3) is 0 Å². The highest BCUT2D eigenvalue weighted by molar-refractivity contribution is 7.88. The van der Waals surface area contributed by atoms with E-state index in [4.69, 9.17) is 4.74 Å². The highest BCUT2D eigenvalue weighted by Crippen LogP contribution is 2.24. The monoisotopic (exact) mass is 284 g/mol. The summed E-state index contributed by atoms with van der Waals surface area (Å²) in [5.41, 5.74) is 2.50. The van der Waals surface area contributed by atoms with Crippen molar-refractivity contribution in [1.29, 1.82) is 0 Å². The van der Waals surface area contributed by atoms with Crippen molar-refractivity contribution in [3.63, 3.8) is 0 Å². The first-order valence-corrected chi connectivity index (χ1v) is 8.29. The maximum atomic E-state index is 10.9. The highest BCUT2D eigenvalue weighted by atomic mass is 32.2. The molecule has 0 fully saturated rings. The van der Waals surface area contributed by atoms with Crippen LogP contribution < -0.4 is 10.0 Å². The molecule has 6 heteroatoms. The Morgan fingerprint density at radius 2 is 2.11 bits per heavy atom. The average molecular weight is 284 g/mol. The lowest BCUT2D eigenvalue weighted by Crippen LogP contribution is -2.32. The quantitative estimate of drug-likeness (QED) is 0.758. The van der Waals surface area contributed by atoms with Crippen LogP contribution in [0.4, 0.5) is 0 Å². The van der Waals surface area contributed by atoms with Crippen molar-refractivity contribution in [2.24, 2.45) is 0 Å². The molecule has 1 aromatic rings. The number of nitrogens with one attached hydrogen (secondary N) is 2. The van der Waals surface area contributed by atoms with Gasteiger partial charge in [0.05, 0.1) is 25.5 Å². The molecule has 19 heavy (non-hydrogen) atoms. The van der Waals surface area contributed by atoms with Gasteiger partial charge >= 0.3 is 0 Å². The van der Waals surface area contributed by atoms with E-state index in [9.17, 15) is 8.42 Å². The van der Waals surface area contributed by atoms with Crippen molar-refractivity contribution in [1.82, 2.24) is 10.0 Å². The molecule has 5 nitrogen and oxygen atoms in total. The molecule has 1 aliphatic heterocycles. The molecular formula is C13H20N2O3S. The van der Waals surface area contributed by atoms with Gasteiger partial charge in [-0.25, -0.2) is 13.1 Å². The predicted molar refractivity (Wildman–Crippen MR) is 74.3 cm³/mol. The van der Waals surface area contributed by atoms with Gasteiger partial charge < -0.3 is 10.1 Å². The van der Waals surface area contributed by atoms with Gasteiger partial charge in [-0.1, -0.05) is 24.3 Å². The van der Waals surface area contributed by atoms with Crippen molar-refractivity contribution in [2.75, 3.05) is 26.0 Å². The SMILES string of the molecule is CS(=O)(=O)NCCCNC1COCc2ccccc21. The van der Waals surface area contributed by atoms with Gasteiger partial charge in [-0.15, -0.1) is 0 Å². The van der Waals surface area contributed by atoms with Crippen LogP contribution in [-0.2, 0) is 21.4 Å². The summed E-state index contributed by atoms with van der Waals surface area (Å²) in [6.07, 6.45) is 1.93. The van der Waals surface area contributed by atoms with Crippen LogP contribution in [0, 0.1) is 0 Å². The zero-order valence-electron chi connectivity index (χ0n) is 11.1. The zero-order valence-corrected chi connectivity index (χ0v) is 11.9. The Bertz CT molecular complexity index is 516. The molecule has 0 amide bonds. The average Bonchev–Trinajstić information content (AvgIpc) is 2.37. The summed E-state index contributed by atoms with van der Waals surface area (Å²) < 4.78 is 29.8. The third-order valence-corrected chi connectivity index (χ3v) is 3.81. The highest BCUT2D eigenvalue weighted by Gasteiger charge is 2.19. The van der Waals surface area contributed by atoms with E-state index in [-0.39, 0.29) is 6.04 Å². The van der Waals surface area contributed by atoms with Gasteiger partial charge in [-0.2, -0.15) is 0 Å². The summed E-state index contributed by atoms with van der Waals surface area (Å²) in [7, 11) is -3.08. The van der Waals surface area contributed by atoms with Gasteiger partial charge in [-0.3, -0.25) is 0 Å². The van der Waals surface area contributed by atoms with E-state index < -0.39 is 10.0 Å². The van der Waals surface area contributed by atoms with Gasteiger partial charge in [0, 0.05) is 6.54 Å². The predicted octanol–water partition coefficient (Wildman–Crippen LogP) is 0.787. The maximum absolute atomic E-state index is 10.9. The zero-order chi connectivity index (χ0) is 13.7. The lowest BCUT2D eigenvalue weighted by molar-refractivity contribution is 0.0822. The van der Waals surface area contributed by atoms with E-state index in [1.807, 2.05) is 12.1 Å².